The van der Waals surface area contributed by atoms with Crippen molar-refractivity contribution in [2.24, 2.45) is 0 Å². The monoisotopic (exact) mass is 344 g/mol. The Morgan fingerprint density at radius 2 is 1.50 bits per heavy atom. The van der Waals surface area contributed by atoms with Gasteiger partial charge in [-0.3, -0.25) is 0 Å². The number of hydrogen-bond acceptors (Lipinski definition) is 0. The molecule has 0 aliphatic heterocycles. The molecule has 0 radical (unpaired) electrons. The lowest BCUT2D eigenvalue weighted by molar-refractivity contribution is -0.168. The molecule has 1 aromatic rings. The molecule has 0 N–H and O–H groups in total. The van der Waals surface area contributed by atoms with Gasteiger partial charge in [0.15, 0.2) is 0 Å². The van der Waals surface area contributed by atoms with Crippen LogP contribution in [-0.2, 0) is 5.92 Å². The van der Waals surface area contributed by atoms with Gasteiger partial charge < -0.3 is 0 Å². The van der Waals surface area contributed by atoms with Crippen LogP contribution in [0.4, 0.5) is 17.6 Å². The lowest BCUT2D eigenvalue weighted by Gasteiger charge is -2.34. The highest BCUT2D eigenvalue weighted by molar-refractivity contribution is 6.43. The zero-order valence-corrected chi connectivity index (χ0v) is 15.4. The van der Waals surface area contributed by atoms with Crippen molar-refractivity contribution in [3.63, 3.8) is 0 Å². The molecule has 0 bridgehead atoms. The quantitative estimate of drug-likeness (QED) is 0.345. The molecule has 1 rings (SSSR count). The molecule has 0 atom stereocenters. The molecule has 136 valence electrons. The maximum Gasteiger partial charge on any atom is 0.326 e. The van der Waals surface area contributed by atoms with Crippen LogP contribution in [0.15, 0.2) is 24.3 Å². The van der Waals surface area contributed by atoms with Gasteiger partial charge in [-0.05, 0) is 30.4 Å². The third-order valence-electron chi connectivity index (χ3n) is 5.52. The Morgan fingerprint density at radius 1 is 0.958 bits per heavy atom. The molecule has 0 aliphatic rings. The molecule has 0 nitrogen and oxygen atoms in total. The SMILES string of the molecule is CCC(CC)c1cccc(C(F)(F)C(F)(F)BC(C)(CC)CC)c1. The Kier molecular flexibility index (Phi) is 6.95. The van der Waals surface area contributed by atoms with E-state index in [2.05, 4.69) is 0 Å². The summed E-state index contributed by atoms with van der Waals surface area (Å²) in [5.41, 5.74) is 0.133. The van der Waals surface area contributed by atoms with Crippen molar-refractivity contribution in [3.8, 4) is 0 Å². The summed E-state index contributed by atoms with van der Waals surface area (Å²) >= 11 is 0. The van der Waals surface area contributed by atoms with Crippen molar-refractivity contribution in [2.75, 3.05) is 0 Å². The summed E-state index contributed by atoms with van der Waals surface area (Å²) < 4.78 is 58.3. The van der Waals surface area contributed by atoms with Gasteiger partial charge in [0, 0.05) is 5.56 Å². The molecule has 0 aliphatic carbocycles. The highest BCUT2D eigenvalue weighted by Gasteiger charge is 2.59. The van der Waals surface area contributed by atoms with Gasteiger partial charge in [0.25, 0.3) is 5.82 Å². The molecule has 0 aromatic heterocycles. The van der Waals surface area contributed by atoms with Crippen molar-refractivity contribution in [2.45, 2.75) is 83.3 Å². The number of hydrogen-bond donors (Lipinski definition) is 0. The van der Waals surface area contributed by atoms with Crippen LogP contribution in [0.25, 0.3) is 0 Å². The predicted octanol–water partition coefficient (Wildman–Crippen LogP) is 6.71. The van der Waals surface area contributed by atoms with E-state index in [0.717, 1.165) is 18.9 Å². The Balaban J connectivity index is 3.20. The van der Waals surface area contributed by atoms with Gasteiger partial charge in [-0.1, -0.05) is 71.0 Å². The summed E-state index contributed by atoms with van der Waals surface area (Å²) in [6.45, 7) is 9.14. The molecule has 0 heterocycles. The minimum atomic E-state index is -4.17. The van der Waals surface area contributed by atoms with E-state index in [1.165, 1.54) is 12.1 Å². The second-order valence-electron chi connectivity index (χ2n) is 7.11. The van der Waals surface area contributed by atoms with Gasteiger partial charge in [-0.2, -0.15) is 8.78 Å². The molecule has 24 heavy (non-hydrogen) atoms. The fourth-order valence-electron chi connectivity index (χ4n) is 3.11. The second-order valence-corrected chi connectivity index (χ2v) is 7.11. The first-order valence-electron chi connectivity index (χ1n) is 8.93. The number of rotatable bonds is 9. The average Bonchev–Trinajstić information content (AvgIpc) is 2.55. The molecular formula is C19H29BF4. The van der Waals surface area contributed by atoms with Gasteiger partial charge in [0.2, 0.25) is 7.28 Å². The molecule has 5 heteroatoms. The van der Waals surface area contributed by atoms with Gasteiger partial charge in [-0.15, -0.1) is 0 Å². The Labute approximate surface area is 144 Å². The molecule has 0 saturated carbocycles. The molecule has 0 spiro atoms. The number of benzene rings is 1. The molecule has 0 fully saturated rings. The van der Waals surface area contributed by atoms with E-state index in [0.29, 0.717) is 18.4 Å². The first-order valence-corrected chi connectivity index (χ1v) is 8.93. The van der Waals surface area contributed by atoms with E-state index in [1.807, 2.05) is 13.8 Å². The van der Waals surface area contributed by atoms with Crippen molar-refractivity contribution in [3.05, 3.63) is 35.4 Å². The summed E-state index contributed by atoms with van der Waals surface area (Å²) in [5, 5.41) is -0.792. The van der Waals surface area contributed by atoms with Crippen molar-refractivity contribution in [1.29, 1.82) is 0 Å². The largest absolute Gasteiger partial charge is 0.326 e. The summed E-state index contributed by atoms with van der Waals surface area (Å²) in [6.07, 6.45) is 2.49. The summed E-state index contributed by atoms with van der Waals surface area (Å²) in [5.74, 6) is -8.12. The van der Waals surface area contributed by atoms with Crippen LogP contribution < -0.4 is 0 Å². The fourth-order valence-corrected chi connectivity index (χ4v) is 3.11. The van der Waals surface area contributed by atoms with E-state index < -0.39 is 29.9 Å². The van der Waals surface area contributed by atoms with E-state index in [1.54, 1.807) is 26.8 Å². The van der Waals surface area contributed by atoms with Crippen LogP contribution in [0, 0.1) is 0 Å². The van der Waals surface area contributed by atoms with Gasteiger partial charge in [-0.25, -0.2) is 8.78 Å². The Bertz CT molecular complexity index is 520. The highest BCUT2D eigenvalue weighted by Crippen LogP contribution is 2.48. The third kappa shape index (κ3) is 4.34. The summed E-state index contributed by atoms with van der Waals surface area (Å²) in [7, 11) is -0.810. The molecule has 0 unspecified atom stereocenters. The van der Waals surface area contributed by atoms with Gasteiger partial charge in [0.05, 0.1) is 0 Å². The van der Waals surface area contributed by atoms with Crippen LogP contribution in [0.3, 0.4) is 0 Å². The standard InChI is InChI=1S/C19H29BF4/c1-6-14(7-2)15-11-10-12-16(13-15)18(21,22)19(23,24)20-17(5,8-3)9-4/h10-14,20H,6-9H2,1-5H3. The fraction of sp³-hybridized carbons (Fsp3) is 0.684. The number of halogens is 4. The lowest BCUT2D eigenvalue weighted by Crippen LogP contribution is -2.47. The minimum absolute atomic E-state index is 0.117. The zero-order chi connectivity index (χ0) is 18.6. The molecular weight excluding hydrogens is 315 g/mol. The van der Waals surface area contributed by atoms with Crippen molar-refractivity contribution in [1.82, 2.24) is 0 Å². The Morgan fingerprint density at radius 3 is 1.96 bits per heavy atom. The van der Waals surface area contributed by atoms with Crippen molar-refractivity contribution >= 4 is 7.28 Å². The average molecular weight is 344 g/mol. The van der Waals surface area contributed by atoms with Crippen LogP contribution in [0.1, 0.15) is 77.3 Å². The molecule has 1 aromatic carbocycles. The lowest BCUT2D eigenvalue weighted by atomic mass is 9.45. The number of alkyl halides is 4. The van der Waals surface area contributed by atoms with Crippen LogP contribution in [-0.4, -0.2) is 13.1 Å². The van der Waals surface area contributed by atoms with Crippen molar-refractivity contribution < 1.29 is 17.6 Å². The van der Waals surface area contributed by atoms with Crippen LogP contribution in [0.2, 0.25) is 5.31 Å². The van der Waals surface area contributed by atoms with E-state index in [-0.39, 0.29) is 5.92 Å². The maximum absolute atomic E-state index is 14.6. The normalized spacial score (nSPS) is 13.4. The minimum Gasteiger partial charge on any atom is -0.211 e. The molecule has 0 amide bonds. The smallest absolute Gasteiger partial charge is 0.211 e. The predicted molar refractivity (Wildman–Crippen MR) is 94.7 cm³/mol. The zero-order valence-electron chi connectivity index (χ0n) is 15.4. The molecule has 0 saturated heterocycles. The van der Waals surface area contributed by atoms with Crippen LogP contribution >= 0.6 is 0 Å². The first-order chi connectivity index (χ1) is 11.1. The van der Waals surface area contributed by atoms with E-state index in [9.17, 15) is 17.6 Å². The van der Waals surface area contributed by atoms with E-state index in [4.69, 9.17) is 0 Å². The van der Waals surface area contributed by atoms with Gasteiger partial charge in [0.1, 0.15) is 0 Å². The summed E-state index contributed by atoms with van der Waals surface area (Å²) in [4.78, 5) is 0. The first kappa shape index (κ1) is 21.0. The summed E-state index contributed by atoms with van der Waals surface area (Å²) in [6, 6.07) is 5.60. The second kappa shape index (κ2) is 7.92. The topological polar surface area (TPSA) is 0 Å². The third-order valence-corrected chi connectivity index (χ3v) is 5.52. The van der Waals surface area contributed by atoms with Gasteiger partial charge >= 0.3 is 5.92 Å². The highest BCUT2D eigenvalue weighted by atomic mass is 19.3. The Hall–Kier alpha value is -0.995. The van der Waals surface area contributed by atoms with E-state index >= 15 is 0 Å². The maximum atomic E-state index is 14.6. The van der Waals surface area contributed by atoms with Crippen LogP contribution in [0.5, 0.6) is 0 Å².